The van der Waals surface area contributed by atoms with Gasteiger partial charge in [0.05, 0.1) is 30.2 Å². The van der Waals surface area contributed by atoms with E-state index in [1.54, 1.807) is 30.0 Å². The van der Waals surface area contributed by atoms with Gasteiger partial charge in [0.25, 0.3) is 11.8 Å². The van der Waals surface area contributed by atoms with E-state index in [1.165, 1.54) is 4.90 Å². The number of aliphatic hydroxyl groups excluding tert-OH is 1. The average Bonchev–Trinajstić information content (AvgIpc) is 3.61. The van der Waals surface area contributed by atoms with E-state index in [2.05, 4.69) is 4.98 Å². The smallest absolute Gasteiger partial charge is 0.425 e. The van der Waals surface area contributed by atoms with E-state index in [4.69, 9.17) is 16.3 Å². The van der Waals surface area contributed by atoms with Gasteiger partial charge < -0.3 is 24.5 Å². The number of benzene rings is 1. The summed E-state index contributed by atoms with van der Waals surface area (Å²) >= 11 is 6.69. The lowest BCUT2D eigenvalue weighted by atomic mass is 9.78. The summed E-state index contributed by atoms with van der Waals surface area (Å²) in [7, 11) is 0. The highest BCUT2D eigenvalue weighted by Crippen LogP contribution is 2.45. The van der Waals surface area contributed by atoms with Crippen molar-refractivity contribution < 1.29 is 50.6 Å². The fraction of sp³-hybridized carbons (Fsp3) is 0.514. The van der Waals surface area contributed by atoms with Crippen molar-refractivity contribution >= 4 is 40.7 Å². The summed E-state index contributed by atoms with van der Waals surface area (Å²) in [5.74, 6) is -2.37. The molecule has 0 bridgehead atoms. The normalized spacial score (nSPS) is 22.6. The fourth-order valence-electron chi connectivity index (χ4n) is 7.87. The van der Waals surface area contributed by atoms with E-state index in [0.717, 1.165) is 40.2 Å². The summed E-state index contributed by atoms with van der Waals surface area (Å²) in [6.07, 6.45) is -7.89. The Morgan fingerprint density at radius 3 is 2.43 bits per heavy atom. The zero-order valence-electron chi connectivity index (χ0n) is 29.3. The number of nitrogens with zero attached hydrogens (tertiary/aromatic N) is 4. The van der Waals surface area contributed by atoms with Crippen molar-refractivity contribution in [2.75, 3.05) is 26.2 Å². The lowest BCUT2D eigenvalue weighted by Crippen LogP contribution is -2.68. The first-order chi connectivity index (χ1) is 25.5. The second kappa shape index (κ2) is 15.7. The van der Waals surface area contributed by atoms with E-state index >= 15 is 4.79 Å². The number of hydrogen-bond acceptors (Lipinski definition) is 7. The molecular weight excluding hydrogens is 762 g/mol. The van der Waals surface area contributed by atoms with Crippen molar-refractivity contribution in [2.45, 2.75) is 94.4 Å². The van der Waals surface area contributed by atoms with Gasteiger partial charge in [-0.25, -0.2) is 0 Å². The summed E-state index contributed by atoms with van der Waals surface area (Å²) in [4.78, 5) is 50.5. The Kier molecular flexibility index (Phi) is 11.6. The van der Waals surface area contributed by atoms with Crippen LogP contribution in [0.5, 0.6) is 5.75 Å². The van der Waals surface area contributed by atoms with Crippen molar-refractivity contribution in [3.8, 4) is 5.75 Å². The fourth-order valence-corrected chi connectivity index (χ4v) is 8.74. The summed E-state index contributed by atoms with van der Waals surface area (Å²) in [5, 5.41) is 11.6. The molecule has 0 aliphatic carbocycles. The number of carbonyl (C=O) groups excluding carboxylic acids is 3. The van der Waals surface area contributed by atoms with Crippen molar-refractivity contribution in [1.82, 2.24) is 19.7 Å². The highest BCUT2D eigenvalue weighted by Gasteiger charge is 2.57. The first kappa shape index (κ1) is 39.8. The molecule has 2 aromatic heterocycles. The number of pyridine rings is 1. The summed E-state index contributed by atoms with van der Waals surface area (Å²) in [6, 6.07) is 5.54. The van der Waals surface area contributed by atoms with Crippen LogP contribution in [0.4, 0.5) is 26.3 Å². The molecule has 9 nitrogen and oxygen atoms in total. The maximum absolute atomic E-state index is 15.5. The van der Waals surface area contributed by atoms with Crippen LogP contribution in [-0.2, 0) is 28.4 Å². The number of ether oxygens (including phenoxy) is 1. The molecule has 3 aliphatic heterocycles. The Balaban J connectivity index is 1.45. The van der Waals surface area contributed by atoms with Crippen molar-refractivity contribution in [1.29, 1.82) is 0 Å². The molecule has 3 atom stereocenters. The molecule has 54 heavy (non-hydrogen) atoms. The number of amides is 3. The maximum atomic E-state index is 15.5. The number of piperidine rings is 2. The number of alkyl halides is 6. The Hall–Kier alpha value is -3.89. The first-order valence-corrected chi connectivity index (χ1v) is 19.0. The molecule has 3 amide bonds. The van der Waals surface area contributed by atoms with Crippen molar-refractivity contribution in [3.63, 3.8) is 0 Å². The lowest BCUT2D eigenvalue weighted by molar-refractivity contribution is -0.163. The largest absolute Gasteiger partial charge is 0.474 e. The predicted octanol–water partition coefficient (Wildman–Crippen LogP) is 7.56. The quantitative estimate of drug-likeness (QED) is 0.236. The lowest BCUT2D eigenvalue weighted by Gasteiger charge is -2.51. The summed E-state index contributed by atoms with van der Waals surface area (Å²) in [6.45, 7) is 2.35. The van der Waals surface area contributed by atoms with E-state index in [-0.39, 0.29) is 50.4 Å². The highest BCUT2D eigenvalue weighted by molar-refractivity contribution is 7.10. The van der Waals surface area contributed by atoms with Gasteiger partial charge in [0.2, 0.25) is 11.5 Å². The molecule has 3 aromatic rings. The SMILES string of the molecule is CCC[C@H]1N(C(=O)c2ncccc2C(F)(F)F)CCC[C@]1(Oc1csc(C(F)(F)F)c1)C(=O)N1CCc2cc(Cl)ccc2C1CC(=O)N1CCC(O)CC1. The van der Waals surface area contributed by atoms with Crippen LogP contribution in [0.15, 0.2) is 48.0 Å². The second-order valence-electron chi connectivity index (χ2n) is 13.9. The number of rotatable bonds is 8. The molecule has 5 heterocycles. The minimum absolute atomic E-state index is 0.0433. The third kappa shape index (κ3) is 8.06. The Morgan fingerprint density at radius 2 is 1.76 bits per heavy atom. The molecule has 0 saturated carbocycles. The topological polar surface area (TPSA) is 103 Å². The minimum Gasteiger partial charge on any atom is -0.474 e. The number of fused-ring (bicyclic) bond motifs is 1. The number of aromatic nitrogens is 1. The minimum atomic E-state index is -4.93. The first-order valence-electron chi connectivity index (χ1n) is 17.8. The van der Waals surface area contributed by atoms with Gasteiger partial charge in [-0.3, -0.25) is 19.4 Å². The second-order valence-corrected chi connectivity index (χ2v) is 15.2. The standard InChI is InChI=1S/C37H39ClF6N4O5S/c1-2-5-29-35(53-25-19-30(54-21-25)37(42,43)44,12-4-14-48(29)33(51)32-27(36(39,40)41)6-3-13-45-32)34(52)47-17-9-22-18-23(38)7-8-26(22)28(47)20-31(50)46-15-10-24(49)11-16-46/h3,6-8,13,18-19,21,24,28-29,49H,2,4-5,9-12,14-17,20H2,1H3/t28?,29-,35-/m1/s1. The number of carbonyl (C=O) groups is 3. The van der Waals surface area contributed by atoms with E-state index in [1.807, 2.05) is 0 Å². The van der Waals surface area contributed by atoms with Crippen LogP contribution in [-0.4, -0.2) is 86.4 Å². The average molecular weight is 801 g/mol. The third-order valence-electron chi connectivity index (χ3n) is 10.4. The highest BCUT2D eigenvalue weighted by atomic mass is 35.5. The van der Waals surface area contributed by atoms with Crippen molar-refractivity contribution in [2.24, 2.45) is 0 Å². The molecule has 1 aromatic carbocycles. The Bertz CT molecular complexity index is 1870. The third-order valence-corrected chi connectivity index (χ3v) is 11.6. The molecule has 17 heteroatoms. The van der Waals surface area contributed by atoms with Crippen LogP contribution in [0.1, 0.15) is 90.0 Å². The molecule has 1 N–H and O–H groups in total. The molecule has 1 unspecified atom stereocenters. The van der Waals surface area contributed by atoms with Gasteiger partial charge in [0.1, 0.15) is 16.3 Å². The predicted molar refractivity (Wildman–Crippen MR) is 187 cm³/mol. The molecule has 3 aliphatic rings. The van der Waals surface area contributed by atoms with Gasteiger partial charge in [-0.1, -0.05) is 31.0 Å². The Morgan fingerprint density at radius 1 is 1.02 bits per heavy atom. The van der Waals surface area contributed by atoms with Gasteiger partial charge in [-0.15, -0.1) is 11.3 Å². The zero-order chi connectivity index (χ0) is 39.0. The molecular formula is C37H39ClF6N4O5S. The van der Waals surface area contributed by atoms with Crippen molar-refractivity contribution in [3.05, 3.63) is 80.3 Å². The zero-order valence-corrected chi connectivity index (χ0v) is 30.8. The van der Waals surface area contributed by atoms with Gasteiger partial charge in [0, 0.05) is 55.3 Å². The molecule has 2 saturated heterocycles. The van der Waals surface area contributed by atoms with Gasteiger partial charge >= 0.3 is 12.4 Å². The van der Waals surface area contributed by atoms with E-state index < -0.39 is 64.1 Å². The van der Waals surface area contributed by atoms with Crippen LogP contribution in [0.25, 0.3) is 0 Å². The van der Waals surface area contributed by atoms with Crippen LogP contribution in [0.2, 0.25) is 5.02 Å². The molecule has 0 radical (unpaired) electrons. The summed E-state index contributed by atoms with van der Waals surface area (Å²) < 4.78 is 90.2. The number of halogens is 7. The number of aliphatic hydroxyl groups is 1. The monoisotopic (exact) mass is 800 g/mol. The number of hydrogen-bond donors (Lipinski definition) is 1. The number of thiophene rings is 1. The molecule has 0 spiro atoms. The molecule has 6 rings (SSSR count). The van der Waals surface area contributed by atoms with Gasteiger partial charge in [-0.05, 0) is 67.5 Å². The maximum Gasteiger partial charge on any atom is 0.425 e. The van der Waals surface area contributed by atoms with Gasteiger partial charge in [-0.2, -0.15) is 26.3 Å². The van der Waals surface area contributed by atoms with E-state index in [0.29, 0.717) is 60.7 Å². The van der Waals surface area contributed by atoms with Crippen LogP contribution < -0.4 is 4.74 Å². The van der Waals surface area contributed by atoms with Gasteiger partial charge in [0.15, 0.2) is 0 Å². The number of likely N-dealkylation sites (tertiary alicyclic amines) is 2. The molecule has 2 fully saturated rings. The Labute approximate surface area is 316 Å². The van der Waals surface area contributed by atoms with Crippen LogP contribution >= 0.6 is 22.9 Å². The van der Waals surface area contributed by atoms with Crippen LogP contribution in [0.3, 0.4) is 0 Å². The van der Waals surface area contributed by atoms with E-state index in [9.17, 15) is 41.0 Å². The summed E-state index contributed by atoms with van der Waals surface area (Å²) in [5.41, 5.74) is -2.78. The van der Waals surface area contributed by atoms with Crippen LogP contribution in [0, 0.1) is 0 Å². The molecule has 292 valence electrons.